The van der Waals surface area contributed by atoms with E-state index in [-0.39, 0.29) is 29.9 Å². The van der Waals surface area contributed by atoms with E-state index in [0.29, 0.717) is 41.1 Å². The summed E-state index contributed by atoms with van der Waals surface area (Å²) in [6, 6.07) is 13.3. The summed E-state index contributed by atoms with van der Waals surface area (Å²) in [6.45, 7) is 0.665. The maximum atomic E-state index is 12.8. The first kappa shape index (κ1) is 26.1. The van der Waals surface area contributed by atoms with Gasteiger partial charge in [0.25, 0.3) is 5.91 Å². The SMILES string of the molecule is CN(CCCO)CS(=O)(=O)c1cccc(Nc2nccc(OCc3ccc4c(C(N)=O)coc4c3)n2)c1. The Hall–Kier alpha value is -4.00. The summed E-state index contributed by atoms with van der Waals surface area (Å²) in [6.07, 6.45) is 3.35. The zero-order valence-corrected chi connectivity index (χ0v) is 20.9. The molecule has 0 aliphatic carbocycles. The van der Waals surface area contributed by atoms with E-state index in [2.05, 4.69) is 15.3 Å². The number of ether oxygens (including phenoxy) is 1. The molecule has 2 aromatic carbocycles. The number of furan rings is 1. The predicted molar refractivity (Wildman–Crippen MR) is 137 cm³/mol. The smallest absolute Gasteiger partial charge is 0.252 e. The first-order valence-electron chi connectivity index (χ1n) is 11.4. The Bertz CT molecular complexity index is 1500. The summed E-state index contributed by atoms with van der Waals surface area (Å²) in [7, 11) is -1.87. The molecular formula is C25H27N5O6S. The van der Waals surface area contributed by atoms with E-state index in [1.165, 1.54) is 24.6 Å². The second-order valence-corrected chi connectivity index (χ2v) is 10.4. The fraction of sp³-hybridized carbons (Fsp3) is 0.240. The third-order valence-electron chi connectivity index (χ3n) is 5.46. The summed E-state index contributed by atoms with van der Waals surface area (Å²) in [4.78, 5) is 21.8. The van der Waals surface area contributed by atoms with Crippen LogP contribution in [0.25, 0.3) is 11.0 Å². The number of nitrogens with zero attached hydrogens (tertiary/aromatic N) is 3. The third kappa shape index (κ3) is 6.61. The van der Waals surface area contributed by atoms with Gasteiger partial charge in [0.1, 0.15) is 24.3 Å². The molecule has 37 heavy (non-hydrogen) atoms. The van der Waals surface area contributed by atoms with Crippen molar-refractivity contribution in [2.75, 3.05) is 31.4 Å². The Balaban J connectivity index is 1.41. The lowest BCUT2D eigenvalue weighted by Crippen LogP contribution is -2.27. The highest BCUT2D eigenvalue weighted by atomic mass is 32.2. The molecule has 0 aliphatic rings. The minimum atomic E-state index is -3.57. The van der Waals surface area contributed by atoms with Crippen molar-refractivity contribution in [1.29, 1.82) is 0 Å². The Morgan fingerprint density at radius 1 is 1.22 bits per heavy atom. The van der Waals surface area contributed by atoms with Gasteiger partial charge in [-0.05, 0) is 49.4 Å². The Labute approximate surface area is 213 Å². The fourth-order valence-corrected chi connectivity index (χ4v) is 5.11. The van der Waals surface area contributed by atoms with Crippen molar-refractivity contribution in [3.63, 3.8) is 0 Å². The van der Waals surface area contributed by atoms with Gasteiger partial charge < -0.3 is 25.3 Å². The van der Waals surface area contributed by atoms with Gasteiger partial charge in [-0.15, -0.1) is 0 Å². The van der Waals surface area contributed by atoms with Crippen molar-refractivity contribution in [1.82, 2.24) is 14.9 Å². The minimum absolute atomic E-state index is 0.00355. The van der Waals surface area contributed by atoms with E-state index in [1.54, 1.807) is 48.3 Å². The van der Waals surface area contributed by atoms with Gasteiger partial charge in [0, 0.05) is 36.5 Å². The molecule has 12 heteroatoms. The molecule has 1 amide bonds. The molecule has 4 aromatic rings. The number of primary amides is 1. The lowest BCUT2D eigenvalue weighted by molar-refractivity contribution is 0.100. The number of hydrogen-bond donors (Lipinski definition) is 3. The van der Waals surface area contributed by atoms with Crippen LogP contribution in [-0.4, -0.2) is 60.4 Å². The molecule has 2 heterocycles. The van der Waals surface area contributed by atoms with Crippen LogP contribution < -0.4 is 15.8 Å². The standard InChI is InChI=1S/C25H27N5O6S/c1-30(10-3-11-31)16-37(33,34)19-5-2-4-18(13-19)28-25-27-9-8-23(29-25)36-14-17-6-7-20-21(24(26)32)15-35-22(20)12-17/h2,4-9,12-13,15,31H,3,10-11,14,16H2,1H3,(H2,26,32)(H,27,28,29). The Kier molecular flexibility index (Phi) is 8.01. The molecule has 0 saturated heterocycles. The number of benzene rings is 2. The van der Waals surface area contributed by atoms with Crippen LogP contribution >= 0.6 is 0 Å². The number of rotatable bonds is 12. The lowest BCUT2D eigenvalue weighted by Gasteiger charge is -2.16. The number of hydrogen-bond acceptors (Lipinski definition) is 10. The van der Waals surface area contributed by atoms with Crippen LogP contribution in [0.3, 0.4) is 0 Å². The van der Waals surface area contributed by atoms with Gasteiger partial charge in [-0.3, -0.25) is 9.69 Å². The normalized spacial score (nSPS) is 11.6. The molecule has 0 spiro atoms. The van der Waals surface area contributed by atoms with Gasteiger partial charge in [0.15, 0.2) is 9.84 Å². The second-order valence-electron chi connectivity index (χ2n) is 8.40. The highest BCUT2D eigenvalue weighted by Gasteiger charge is 2.18. The van der Waals surface area contributed by atoms with Crippen LogP contribution in [0.5, 0.6) is 5.88 Å². The average Bonchev–Trinajstić information content (AvgIpc) is 3.30. The maximum absolute atomic E-state index is 12.8. The molecule has 0 saturated carbocycles. The largest absolute Gasteiger partial charge is 0.473 e. The molecule has 194 valence electrons. The van der Waals surface area contributed by atoms with Gasteiger partial charge >= 0.3 is 0 Å². The number of nitrogens with two attached hydrogens (primary N) is 1. The van der Waals surface area contributed by atoms with Crippen LogP contribution in [0.4, 0.5) is 11.6 Å². The van der Waals surface area contributed by atoms with Crippen LogP contribution in [0, 0.1) is 0 Å². The molecular weight excluding hydrogens is 498 g/mol. The molecule has 0 radical (unpaired) electrons. The van der Waals surface area contributed by atoms with E-state index in [0.717, 1.165) is 5.56 Å². The van der Waals surface area contributed by atoms with E-state index in [9.17, 15) is 13.2 Å². The van der Waals surface area contributed by atoms with Crippen molar-refractivity contribution >= 4 is 38.3 Å². The zero-order valence-electron chi connectivity index (χ0n) is 20.1. The summed E-state index contributed by atoms with van der Waals surface area (Å²) < 4.78 is 36.8. The number of sulfone groups is 1. The maximum Gasteiger partial charge on any atom is 0.252 e. The van der Waals surface area contributed by atoms with E-state index in [1.807, 2.05) is 0 Å². The molecule has 2 aromatic heterocycles. The van der Waals surface area contributed by atoms with Crippen LogP contribution in [0.1, 0.15) is 22.3 Å². The van der Waals surface area contributed by atoms with Gasteiger partial charge in [0.05, 0.1) is 10.5 Å². The topological polar surface area (TPSA) is 161 Å². The molecule has 0 fully saturated rings. The highest BCUT2D eigenvalue weighted by molar-refractivity contribution is 7.91. The number of carbonyl (C=O) groups is 1. The van der Waals surface area contributed by atoms with Crippen molar-refractivity contribution in [3.05, 3.63) is 72.1 Å². The number of amides is 1. The van der Waals surface area contributed by atoms with E-state index < -0.39 is 15.7 Å². The van der Waals surface area contributed by atoms with Crippen LogP contribution in [0.2, 0.25) is 0 Å². The number of fused-ring (bicyclic) bond motifs is 1. The predicted octanol–water partition coefficient (Wildman–Crippen LogP) is 2.69. The van der Waals surface area contributed by atoms with Crippen LogP contribution in [-0.2, 0) is 16.4 Å². The molecule has 0 unspecified atom stereocenters. The fourth-order valence-electron chi connectivity index (χ4n) is 3.66. The second kappa shape index (κ2) is 11.4. The summed E-state index contributed by atoms with van der Waals surface area (Å²) in [5, 5.41) is 12.6. The summed E-state index contributed by atoms with van der Waals surface area (Å²) in [5.41, 5.74) is 7.49. The number of carbonyl (C=O) groups excluding carboxylic acids is 1. The van der Waals surface area contributed by atoms with Crippen molar-refractivity contribution in [2.45, 2.75) is 17.9 Å². The Morgan fingerprint density at radius 3 is 2.84 bits per heavy atom. The monoisotopic (exact) mass is 525 g/mol. The number of anilines is 2. The van der Waals surface area contributed by atoms with Crippen molar-refractivity contribution < 1.29 is 27.5 Å². The number of aliphatic hydroxyl groups is 1. The molecule has 4 N–H and O–H groups in total. The zero-order chi connectivity index (χ0) is 26.4. The van der Waals surface area contributed by atoms with Crippen molar-refractivity contribution in [3.8, 4) is 5.88 Å². The van der Waals surface area contributed by atoms with E-state index >= 15 is 0 Å². The van der Waals surface area contributed by atoms with Crippen molar-refractivity contribution in [2.24, 2.45) is 5.73 Å². The molecule has 0 atom stereocenters. The first-order valence-corrected chi connectivity index (χ1v) is 13.1. The van der Waals surface area contributed by atoms with Gasteiger partial charge in [-0.2, -0.15) is 4.98 Å². The van der Waals surface area contributed by atoms with Gasteiger partial charge in [-0.25, -0.2) is 13.4 Å². The number of aromatic nitrogens is 2. The lowest BCUT2D eigenvalue weighted by atomic mass is 10.1. The summed E-state index contributed by atoms with van der Waals surface area (Å²) >= 11 is 0. The molecule has 4 rings (SSSR count). The molecule has 0 bridgehead atoms. The number of aliphatic hydroxyl groups excluding tert-OH is 1. The van der Waals surface area contributed by atoms with Gasteiger partial charge in [-0.1, -0.05) is 12.1 Å². The van der Waals surface area contributed by atoms with Gasteiger partial charge in [0.2, 0.25) is 11.8 Å². The van der Waals surface area contributed by atoms with Crippen LogP contribution in [0.15, 0.2) is 70.3 Å². The number of nitrogens with one attached hydrogen (secondary N) is 1. The molecule has 0 aliphatic heterocycles. The summed E-state index contributed by atoms with van der Waals surface area (Å²) in [5.74, 6) is -0.176. The first-order chi connectivity index (χ1) is 17.7. The average molecular weight is 526 g/mol. The highest BCUT2D eigenvalue weighted by Crippen LogP contribution is 2.24. The van der Waals surface area contributed by atoms with E-state index in [4.69, 9.17) is 20.0 Å². The molecule has 11 nitrogen and oxygen atoms in total. The third-order valence-corrected chi connectivity index (χ3v) is 7.21. The quantitative estimate of drug-likeness (QED) is 0.251. The minimum Gasteiger partial charge on any atom is -0.473 e. The Morgan fingerprint density at radius 2 is 2.05 bits per heavy atom.